The van der Waals surface area contributed by atoms with Crippen LogP contribution in [0.2, 0.25) is 0 Å². The normalized spacial score (nSPS) is 22.8. The lowest BCUT2D eigenvalue weighted by Gasteiger charge is -2.25. The van der Waals surface area contributed by atoms with E-state index >= 15 is 0 Å². The van der Waals surface area contributed by atoms with Crippen molar-refractivity contribution in [3.63, 3.8) is 0 Å². The van der Waals surface area contributed by atoms with E-state index in [1.165, 1.54) is 16.7 Å². The summed E-state index contributed by atoms with van der Waals surface area (Å²) in [7, 11) is 0. The van der Waals surface area contributed by atoms with Gasteiger partial charge in [0, 0.05) is 12.3 Å². The number of rotatable bonds is 6. The van der Waals surface area contributed by atoms with Gasteiger partial charge in [-0.25, -0.2) is 18.4 Å². The maximum atomic E-state index is 11.8. The molecule has 0 bridgehead atoms. The number of ether oxygens (including phenoxy) is 1. The maximum absolute atomic E-state index is 11.8. The molecule has 1 rings (SSSR count). The van der Waals surface area contributed by atoms with Gasteiger partial charge in [0.1, 0.15) is 12.6 Å². The van der Waals surface area contributed by atoms with Crippen LogP contribution in [0.1, 0.15) is 6.92 Å². The third-order valence-corrected chi connectivity index (χ3v) is 3.73. The Kier molecular flexibility index (Phi) is 6.29. The highest BCUT2D eigenvalue weighted by Gasteiger charge is 2.39. The molecular formula is C10H16F2N2O4S. The van der Waals surface area contributed by atoms with Crippen molar-refractivity contribution in [2.75, 3.05) is 25.5 Å². The van der Waals surface area contributed by atoms with Crippen LogP contribution in [-0.2, 0) is 9.53 Å². The fourth-order valence-corrected chi connectivity index (χ4v) is 2.80. The van der Waals surface area contributed by atoms with Crippen molar-refractivity contribution in [2.24, 2.45) is 0 Å². The van der Waals surface area contributed by atoms with Gasteiger partial charge >= 0.3 is 12.0 Å². The fourth-order valence-electron chi connectivity index (χ4n) is 1.64. The first-order valence-corrected chi connectivity index (χ1v) is 6.74. The van der Waals surface area contributed by atoms with Crippen LogP contribution < -0.4 is 5.32 Å². The third-order valence-electron chi connectivity index (χ3n) is 2.51. The Morgan fingerprint density at radius 3 is 2.84 bits per heavy atom. The predicted molar refractivity (Wildman–Crippen MR) is 65.4 cm³/mol. The molecule has 0 radical (unpaired) electrons. The number of amides is 2. The minimum atomic E-state index is -2.54. The summed E-state index contributed by atoms with van der Waals surface area (Å²) >= 11 is 1.37. The van der Waals surface area contributed by atoms with Gasteiger partial charge in [-0.3, -0.25) is 4.90 Å². The quantitative estimate of drug-likeness (QED) is 0.710. The summed E-state index contributed by atoms with van der Waals surface area (Å²) in [6.45, 7) is 1.08. The highest BCUT2D eigenvalue weighted by atomic mass is 32.2. The van der Waals surface area contributed by atoms with E-state index in [9.17, 15) is 18.4 Å². The van der Waals surface area contributed by atoms with Crippen LogP contribution in [0.5, 0.6) is 0 Å². The topological polar surface area (TPSA) is 78.9 Å². The van der Waals surface area contributed by atoms with Gasteiger partial charge in [0.05, 0.1) is 12.0 Å². The summed E-state index contributed by atoms with van der Waals surface area (Å²) in [5, 5.41) is 11.2. The Hall–Kier alpha value is -1.09. The fraction of sp³-hybridized carbons (Fsp3) is 0.800. The van der Waals surface area contributed by atoms with Gasteiger partial charge in [0.2, 0.25) is 0 Å². The van der Waals surface area contributed by atoms with Crippen molar-refractivity contribution < 1.29 is 28.2 Å². The van der Waals surface area contributed by atoms with E-state index in [0.717, 1.165) is 0 Å². The molecule has 19 heavy (non-hydrogen) atoms. The molecule has 1 fully saturated rings. The third kappa shape index (κ3) is 4.83. The number of hydrogen-bond donors (Lipinski definition) is 2. The summed E-state index contributed by atoms with van der Waals surface area (Å²) in [6, 6.07) is -1.38. The molecule has 0 aromatic heterocycles. The van der Waals surface area contributed by atoms with Crippen LogP contribution in [0.3, 0.4) is 0 Å². The number of carbonyl (C=O) groups excluding carboxylic acids is 1. The summed E-state index contributed by atoms with van der Waals surface area (Å²) in [4.78, 5) is 24.0. The average Bonchev–Trinajstić information content (AvgIpc) is 2.70. The minimum Gasteiger partial charge on any atom is -0.480 e. The second-order valence-corrected chi connectivity index (χ2v) is 5.24. The smallest absolute Gasteiger partial charge is 0.327 e. The van der Waals surface area contributed by atoms with Crippen molar-refractivity contribution in [3.05, 3.63) is 0 Å². The van der Waals surface area contributed by atoms with Crippen LogP contribution in [-0.4, -0.2) is 65.4 Å². The van der Waals surface area contributed by atoms with E-state index in [-0.39, 0.29) is 18.5 Å². The van der Waals surface area contributed by atoms with Crippen molar-refractivity contribution in [2.45, 2.75) is 24.8 Å². The second-order valence-electron chi connectivity index (χ2n) is 3.89. The van der Waals surface area contributed by atoms with Gasteiger partial charge in [0.15, 0.2) is 0 Å². The summed E-state index contributed by atoms with van der Waals surface area (Å²) in [5.41, 5.74) is 0. The first kappa shape index (κ1) is 16.0. The van der Waals surface area contributed by atoms with Crippen molar-refractivity contribution in [3.8, 4) is 0 Å². The second kappa shape index (κ2) is 7.49. The minimum absolute atomic E-state index is 0.0385. The molecule has 1 aliphatic rings. The molecule has 2 amide bonds. The molecule has 2 unspecified atom stereocenters. The van der Waals surface area contributed by atoms with Gasteiger partial charge in [-0.1, -0.05) is 0 Å². The summed E-state index contributed by atoms with van der Waals surface area (Å²) in [6.07, 6.45) is -2.54. The monoisotopic (exact) mass is 298 g/mol. The van der Waals surface area contributed by atoms with Gasteiger partial charge in [-0.15, -0.1) is 11.8 Å². The van der Waals surface area contributed by atoms with Crippen LogP contribution in [0.4, 0.5) is 13.6 Å². The number of nitrogens with zero attached hydrogens (tertiary/aromatic N) is 1. The van der Waals surface area contributed by atoms with Crippen LogP contribution in [0.25, 0.3) is 0 Å². The number of nitrogens with one attached hydrogen (secondary N) is 1. The summed E-state index contributed by atoms with van der Waals surface area (Å²) < 4.78 is 28.1. The molecule has 6 nitrogen and oxygen atoms in total. The van der Waals surface area contributed by atoms with Gasteiger partial charge in [-0.05, 0) is 6.92 Å². The molecule has 1 heterocycles. The number of hydrogen-bond acceptors (Lipinski definition) is 4. The summed E-state index contributed by atoms with van der Waals surface area (Å²) in [5.74, 6) is -0.716. The zero-order chi connectivity index (χ0) is 14.4. The highest BCUT2D eigenvalue weighted by Crippen LogP contribution is 2.28. The molecule has 1 aliphatic heterocycles. The van der Waals surface area contributed by atoms with Crippen LogP contribution in [0.15, 0.2) is 0 Å². The molecule has 0 saturated carbocycles. The van der Waals surface area contributed by atoms with Crippen molar-refractivity contribution in [1.29, 1.82) is 0 Å². The largest absolute Gasteiger partial charge is 0.480 e. The van der Waals surface area contributed by atoms with E-state index in [0.29, 0.717) is 5.75 Å². The molecule has 0 aromatic rings. The number of alkyl halides is 2. The van der Waals surface area contributed by atoms with E-state index in [4.69, 9.17) is 5.11 Å². The molecule has 0 aliphatic carbocycles. The zero-order valence-electron chi connectivity index (χ0n) is 10.3. The van der Waals surface area contributed by atoms with Crippen molar-refractivity contribution in [1.82, 2.24) is 10.2 Å². The molecular weight excluding hydrogens is 282 g/mol. The van der Waals surface area contributed by atoms with E-state index < -0.39 is 31.1 Å². The van der Waals surface area contributed by atoms with Gasteiger partial charge < -0.3 is 15.2 Å². The highest BCUT2D eigenvalue weighted by molar-refractivity contribution is 8.00. The standard InChI is InChI=1S/C10H16F2N2O4S/c1-6-14(7(5-19-6)9(15)16)10(17)13-2-3-18-4-8(11)12/h6-8H,2-5H2,1H3,(H,13,17)(H,15,16). The molecule has 2 N–H and O–H groups in total. The predicted octanol–water partition coefficient (Wildman–Crippen LogP) is 0.826. The lowest BCUT2D eigenvalue weighted by Crippen LogP contribution is -2.50. The van der Waals surface area contributed by atoms with Crippen LogP contribution in [0, 0.1) is 0 Å². The number of thioether (sulfide) groups is 1. The number of carbonyl (C=O) groups is 2. The Morgan fingerprint density at radius 2 is 2.26 bits per heavy atom. The number of urea groups is 1. The van der Waals surface area contributed by atoms with Crippen molar-refractivity contribution >= 4 is 23.8 Å². The van der Waals surface area contributed by atoms with Gasteiger partial charge in [-0.2, -0.15) is 0 Å². The Bertz CT molecular complexity index is 333. The SMILES string of the molecule is CC1SCC(C(=O)O)N1C(=O)NCCOCC(F)F. The maximum Gasteiger partial charge on any atom is 0.327 e. The number of halogens is 2. The molecule has 1 saturated heterocycles. The molecule has 110 valence electrons. The van der Waals surface area contributed by atoms with Crippen LogP contribution >= 0.6 is 11.8 Å². The first-order valence-electron chi connectivity index (χ1n) is 5.70. The Morgan fingerprint density at radius 1 is 1.58 bits per heavy atom. The lowest BCUT2D eigenvalue weighted by atomic mass is 10.3. The van der Waals surface area contributed by atoms with E-state index in [1.54, 1.807) is 6.92 Å². The number of aliphatic carboxylic acids is 1. The molecule has 2 atom stereocenters. The average molecular weight is 298 g/mol. The van der Waals surface area contributed by atoms with E-state index in [2.05, 4.69) is 10.1 Å². The molecule has 0 aromatic carbocycles. The number of carboxylic acid groups (broad SMARTS) is 1. The number of carboxylic acids is 1. The van der Waals surface area contributed by atoms with Gasteiger partial charge in [0.25, 0.3) is 6.43 Å². The zero-order valence-corrected chi connectivity index (χ0v) is 11.2. The lowest BCUT2D eigenvalue weighted by molar-refractivity contribution is -0.141. The Balaban J connectivity index is 2.33. The molecule has 0 spiro atoms. The first-order chi connectivity index (χ1) is 8.93. The molecule has 9 heteroatoms. The van der Waals surface area contributed by atoms with E-state index in [1.807, 2.05) is 0 Å². The Labute approximate surface area is 113 Å².